The first-order valence-electron chi connectivity index (χ1n) is 31.1. The lowest BCUT2D eigenvalue weighted by Crippen LogP contribution is -2.44. The second kappa shape index (κ2) is 29.4. The lowest BCUT2D eigenvalue weighted by Gasteiger charge is -2.30. The zero-order chi connectivity index (χ0) is 72.7. The summed E-state index contributed by atoms with van der Waals surface area (Å²) in [6, 6.07) is 0. The quantitative estimate of drug-likeness (QED) is 0.0859. The molecule has 32 nitrogen and oxygen atoms in total. The minimum absolute atomic E-state index is 0.148. The van der Waals surface area contributed by atoms with Crippen molar-refractivity contribution in [2.45, 2.75) is 101 Å². The van der Waals surface area contributed by atoms with Gasteiger partial charge in [-0.2, -0.15) is 13.2 Å². The number of hydrogen-bond acceptors (Lipinski definition) is 32. The summed E-state index contributed by atoms with van der Waals surface area (Å²) >= 11 is 0. The molecule has 12 rings (SSSR count). The van der Waals surface area contributed by atoms with E-state index < -0.39 is 236 Å². The lowest BCUT2D eigenvalue weighted by molar-refractivity contribution is -0.173. The molecule has 8 saturated carbocycles. The average Bonchev–Trinajstić information content (AvgIpc) is 1.58. The first-order chi connectivity index (χ1) is 46.7. The van der Waals surface area contributed by atoms with Crippen LogP contribution in [-0.4, -0.2) is 205 Å². The van der Waals surface area contributed by atoms with Crippen molar-refractivity contribution in [1.29, 1.82) is 0 Å². The van der Waals surface area contributed by atoms with Crippen LogP contribution >= 0.6 is 0 Å². The third-order valence-corrected chi connectivity index (χ3v) is 20.0. The molecule has 8 aliphatic carbocycles. The summed E-state index contributed by atoms with van der Waals surface area (Å²) in [7, 11) is 3.67. The number of methoxy groups -OCH3 is 3. The van der Waals surface area contributed by atoms with Crippen LogP contribution in [0.2, 0.25) is 0 Å². The topological polar surface area (TPSA) is 421 Å². The van der Waals surface area contributed by atoms with Crippen LogP contribution in [0.15, 0.2) is 49.1 Å². The molecular formula is C64H69F3O32. The molecule has 0 N–H and O–H groups in total. The van der Waals surface area contributed by atoms with Crippen LogP contribution in [0.1, 0.15) is 46.5 Å². The van der Waals surface area contributed by atoms with E-state index in [0.717, 1.165) is 6.08 Å². The van der Waals surface area contributed by atoms with Gasteiger partial charge in [0.1, 0.15) is 54.4 Å². The number of halogens is 3. The van der Waals surface area contributed by atoms with E-state index in [2.05, 4.69) is 35.8 Å². The maximum absolute atomic E-state index is 12.3. The van der Waals surface area contributed by atoms with Crippen LogP contribution in [0.5, 0.6) is 0 Å². The van der Waals surface area contributed by atoms with Gasteiger partial charge >= 0.3 is 102 Å². The number of esters is 16. The van der Waals surface area contributed by atoms with E-state index in [0.29, 0.717) is 25.7 Å². The van der Waals surface area contributed by atoms with E-state index in [9.17, 15) is 89.9 Å². The molecule has 0 aromatic carbocycles. The highest BCUT2D eigenvalue weighted by Crippen LogP contribution is 2.62. The third kappa shape index (κ3) is 14.2. The Kier molecular flexibility index (Phi) is 21.8. The fraction of sp³-hybridized carbons (Fsp3) is 0.625. The molecule has 538 valence electrons. The Morgan fingerprint density at radius 3 is 0.929 bits per heavy atom. The zero-order valence-corrected chi connectivity index (χ0v) is 53.8. The average molecular weight is 1410 g/mol. The summed E-state index contributed by atoms with van der Waals surface area (Å²) in [5.41, 5.74) is -1.42. The van der Waals surface area contributed by atoms with Crippen LogP contribution in [0.4, 0.5) is 13.2 Å². The second-order valence-corrected chi connectivity index (χ2v) is 25.3. The van der Waals surface area contributed by atoms with Crippen molar-refractivity contribution in [1.82, 2.24) is 0 Å². The van der Waals surface area contributed by atoms with Crippen LogP contribution in [0.3, 0.4) is 0 Å². The van der Waals surface area contributed by atoms with Crippen LogP contribution in [0, 0.1) is 94.7 Å². The Balaban J connectivity index is 0.000000154. The van der Waals surface area contributed by atoms with Crippen LogP contribution < -0.4 is 0 Å². The summed E-state index contributed by atoms with van der Waals surface area (Å²) in [6.07, 6.45) is -7.46. The lowest BCUT2D eigenvalue weighted by atomic mass is 9.78. The number of ether oxygens (including phenoxy) is 16. The van der Waals surface area contributed by atoms with Gasteiger partial charge < -0.3 is 75.8 Å². The molecule has 0 aromatic heterocycles. The third-order valence-electron chi connectivity index (χ3n) is 20.0. The van der Waals surface area contributed by atoms with Gasteiger partial charge in [0.05, 0.1) is 75.3 Å². The van der Waals surface area contributed by atoms with Gasteiger partial charge in [0, 0.05) is 64.6 Å². The van der Waals surface area contributed by atoms with E-state index in [1.165, 1.54) is 35.2 Å². The van der Waals surface area contributed by atoms with Crippen molar-refractivity contribution < 1.29 is 166 Å². The first kappa shape index (κ1) is 73.5. The molecule has 8 bridgehead atoms. The predicted molar refractivity (Wildman–Crippen MR) is 305 cm³/mol. The second-order valence-electron chi connectivity index (χ2n) is 25.3. The maximum Gasteiger partial charge on any atom is 0.422 e. The number of carbonyl (C=O) groups is 16. The van der Waals surface area contributed by atoms with Crippen molar-refractivity contribution in [2.24, 2.45) is 94.7 Å². The molecule has 12 fully saturated rings. The van der Waals surface area contributed by atoms with Gasteiger partial charge in [0.15, 0.2) is 26.4 Å². The van der Waals surface area contributed by atoms with Crippen molar-refractivity contribution >= 4 is 95.5 Å². The Hall–Kier alpha value is -9.73. The zero-order valence-electron chi connectivity index (χ0n) is 53.8. The van der Waals surface area contributed by atoms with Gasteiger partial charge in [-0.25, -0.2) is 38.4 Å². The molecule has 99 heavy (non-hydrogen) atoms. The molecule has 4 heterocycles. The van der Waals surface area contributed by atoms with Gasteiger partial charge in [-0.1, -0.05) is 26.3 Å². The first-order valence-corrected chi connectivity index (χ1v) is 31.1. The minimum atomic E-state index is -4.98. The Labute approximate surface area is 559 Å². The number of fused-ring (bicyclic) bond motifs is 4. The molecule has 0 spiro atoms. The van der Waals surface area contributed by atoms with Gasteiger partial charge in [-0.05, 0) is 46.5 Å². The van der Waals surface area contributed by atoms with E-state index in [1.54, 1.807) is 6.92 Å². The van der Waals surface area contributed by atoms with Crippen molar-refractivity contribution in [2.75, 3.05) is 54.4 Å². The van der Waals surface area contributed by atoms with E-state index in [4.69, 9.17) is 66.3 Å². The molecule has 12 aliphatic rings. The van der Waals surface area contributed by atoms with Gasteiger partial charge in [0.2, 0.25) is 0 Å². The fourth-order valence-electron chi connectivity index (χ4n) is 16.3. The molecule has 24 unspecified atom stereocenters. The number of alkyl halides is 3. The molecule has 0 aromatic rings. The summed E-state index contributed by atoms with van der Waals surface area (Å²) in [5, 5.41) is 0. The summed E-state index contributed by atoms with van der Waals surface area (Å²) in [4.78, 5) is 189. The molecule has 0 amide bonds. The largest absolute Gasteiger partial charge is 0.469 e. The fourth-order valence-corrected chi connectivity index (χ4v) is 16.3. The molecule has 24 atom stereocenters. The summed E-state index contributed by atoms with van der Waals surface area (Å²) < 4.78 is 117. The summed E-state index contributed by atoms with van der Waals surface area (Å²) in [5.74, 6) is -18.6. The highest BCUT2D eigenvalue weighted by molar-refractivity contribution is 5.93. The highest BCUT2D eigenvalue weighted by atomic mass is 19.4. The van der Waals surface area contributed by atoms with Gasteiger partial charge in [0.25, 0.3) is 0 Å². The highest BCUT2D eigenvalue weighted by Gasteiger charge is 2.74. The molecule has 35 heteroatoms. The SMILES string of the molecule is C=C(C(=O)OCC(=O)OC1C2CC3C1OC(=O)C3C2C(=O)OC)C(F)(F)F.C=C(C)C(=O)OCC(=O)OC1C2CC3C1OC(=O)C3C2C(=O)OC.C=C(C)C(=O)OCC(=O)OC1C2CC3C1OC(=O)C3C2C(=O)OCC.C=CC(=O)OCC(=O)OC1C2CC3C1OC(=O)C3C2C(=O)OC. The van der Waals surface area contributed by atoms with Crippen molar-refractivity contribution in [3.8, 4) is 0 Å². The normalized spacial score (nSPS) is 34.8. The number of carbonyl (C=O) groups excluding carboxylic acids is 16. The molecule has 0 radical (unpaired) electrons. The molecule has 4 aliphatic heterocycles. The molecule has 4 saturated heterocycles. The van der Waals surface area contributed by atoms with Crippen LogP contribution in [0.25, 0.3) is 0 Å². The Morgan fingerprint density at radius 2 is 0.687 bits per heavy atom. The van der Waals surface area contributed by atoms with Gasteiger partial charge in [-0.3, -0.25) is 38.4 Å². The van der Waals surface area contributed by atoms with E-state index in [1.807, 2.05) is 0 Å². The Morgan fingerprint density at radius 1 is 0.424 bits per heavy atom. The number of rotatable bonds is 21. The minimum Gasteiger partial charge on any atom is -0.469 e. The Bertz CT molecular complexity index is 3440. The van der Waals surface area contributed by atoms with E-state index in [-0.39, 0.29) is 59.2 Å². The number of hydrogen-bond donors (Lipinski definition) is 0. The van der Waals surface area contributed by atoms with Crippen molar-refractivity contribution in [3.63, 3.8) is 0 Å². The van der Waals surface area contributed by atoms with Crippen molar-refractivity contribution in [3.05, 3.63) is 49.1 Å². The van der Waals surface area contributed by atoms with E-state index >= 15 is 0 Å². The predicted octanol–water partition coefficient (Wildman–Crippen LogP) is 0.534. The van der Waals surface area contributed by atoms with Gasteiger partial charge in [-0.15, -0.1) is 0 Å². The molecular weight excluding hydrogens is 1340 g/mol. The summed E-state index contributed by atoms with van der Waals surface area (Å²) in [6.45, 7) is 14.7. The smallest absolute Gasteiger partial charge is 0.422 e. The maximum atomic E-state index is 12.3. The van der Waals surface area contributed by atoms with Crippen LogP contribution in [-0.2, 0) is 153 Å². The standard InChI is InChI=1S/C17H20O8.C16H15F3O8.C16H18O8.C15H16O8/c1-4-22-16(20)11-8-5-9-12(11)17(21)25-14(9)13(8)24-10(18)6-23-15(19)7(2)3;1-5(16(17,18)19)13(21)25-4-8(20)26-11-6-3-7-10(9(6)14(22)24-2)15(23)27-12(7)11;1-6(2)14(18)22-5-9(17)23-12-7-4-8-11(10(7)15(19)21-3)16(20)24-13(8)12;1-3-8(16)21-5-9(17)22-12-6-4-7-11(10(6)14(18)20-2)15(19)23-13(7)12/h8-9,11-14H,2,4-6H2,1,3H3;6-7,9-12H,1,3-4H2,2H3;7-8,10-13H,1,4-5H2,2-3H3;3,6-7,10-13H,1,4-5H2,2H3. The monoisotopic (exact) mass is 1410 g/mol.